The van der Waals surface area contributed by atoms with Crippen molar-refractivity contribution in [1.82, 2.24) is 0 Å². The lowest BCUT2D eigenvalue weighted by Crippen LogP contribution is -2.44. The molecule has 0 saturated carbocycles. The predicted molar refractivity (Wildman–Crippen MR) is 76.7 cm³/mol. The fraction of sp³-hybridized carbons (Fsp3) is 0.533. The molecule has 21 heavy (non-hydrogen) atoms. The molecule has 2 unspecified atom stereocenters. The number of hydrogen-bond donors (Lipinski definition) is 2. The van der Waals surface area contributed by atoms with Crippen molar-refractivity contribution in [2.75, 3.05) is 19.8 Å². The molecule has 1 aromatic rings. The third-order valence-electron chi connectivity index (χ3n) is 4.06. The monoisotopic (exact) mass is 292 g/mol. The Balaban J connectivity index is 1.68. The van der Waals surface area contributed by atoms with Crippen molar-refractivity contribution in [3.63, 3.8) is 0 Å². The fourth-order valence-electron chi connectivity index (χ4n) is 2.93. The minimum atomic E-state index is -0.174. The molecule has 2 aliphatic rings. The van der Waals surface area contributed by atoms with Crippen molar-refractivity contribution in [2.45, 2.75) is 31.0 Å². The molecule has 1 spiro atoms. The number of nitrogens with zero attached hydrogens (tertiary/aromatic N) is 1. The molecule has 0 bridgehead atoms. The van der Waals surface area contributed by atoms with E-state index >= 15 is 0 Å². The second-order valence-corrected chi connectivity index (χ2v) is 5.58. The molecule has 114 valence electrons. The van der Waals surface area contributed by atoms with Gasteiger partial charge in [0.25, 0.3) is 0 Å². The summed E-state index contributed by atoms with van der Waals surface area (Å²) in [6, 6.07) is 7.26. The van der Waals surface area contributed by atoms with E-state index in [9.17, 15) is 0 Å². The largest absolute Gasteiger partial charge is 0.490 e. The lowest BCUT2D eigenvalue weighted by atomic mass is 9.91. The van der Waals surface area contributed by atoms with E-state index in [1.165, 1.54) is 0 Å². The van der Waals surface area contributed by atoms with E-state index in [2.05, 4.69) is 5.16 Å². The van der Waals surface area contributed by atoms with Crippen molar-refractivity contribution in [3.8, 4) is 5.75 Å². The van der Waals surface area contributed by atoms with E-state index in [1.807, 2.05) is 12.1 Å². The molecule has 2 heterocycles. The molecular weight excluding hydrogens is 272 g/mol. The Bertz CT molecular complexity index is 526. The maximum absolute atomic E-state index is 8.73. The minimum Gasteiger partial charge on any atom is -0.490 e. The highest BCUT2D eigenvalue weighted by atomic mass is 16.6. The molecule has 6 nitrogen and oxygen atoms in total. The highest BCUT2D eigenvalue weighted by Gasteiger charge is 2.41. The Morgan fingerprint density at radius 1 is 1.43 bits per heavy atom. The van der Waals surface area contributed by atoms with Crippen LogP contribution in [0.5, 0.6) is 5.75 Å². The van der Waals surface area contributed by atoms with Crippen molar-refractivity contribution in [3.05, 3.63) is 29.8 Å². The summed E-state index contributed by atoms with van der Waals surface area (Å²) >= 11 is 0. The Morgan fingerprint density at radius 2 is 2.33 bits per heavy atom. The lowest BCUT2D eigenvalue weighted by Gasteiger charge is -2.37. The van der Waals surface area contributed by atoms with Gasteiger partial charge >= 0.3 is 0 Å². The Hall–Kier alpha value is -1.79. The standard InChI is InChI=1S/C15H20N2O4/c16-14(17-18)11-2-1-3-12(8-11)21-13-4-6-20-15(9-13)5-7-19-10-15/h1-3,8,13,18H,4-7,9-10H2,(H2,16,17). The minimum absolute atomic E-state index is 0.0769. The number of nitrogens with two attached hydrogens (primary N) is 1. The Kier molecular flexibility index (Phi) is 3.98. The van der Waals surface area contributed by atoms with Crippen LogP contribution in [0.3, 0.4) is 0 Å². The van der Waals surface area contributed by atoms with Crippen LogP contribution in [0.1, 0.15) is 24.8 Å². The first-order valence-electron chi connectivity index (χ1n) is 7.17. The fourth-order valence-corrected chi connectivity index (χ4v) is 2.93. The quantitative estimate of drug-likeness (QED) is 0.381. The molecule has 2 atom stereocenters. The molecule has 2 saturated heterocycles. The Labute approximate surface area is 123 Å². The van der Waals surface area contributed by atoms with E-state index in [4.69, 9.17) is 25.2 Å². The first-order valence-corrected chi connectivity index (χ1v) is 7.17. The van der Waals surface area contributed by atoms with Gasteiger partial charge in [0.05, 0.1) is 18.8 Å². The van der Waals surface area contributed by atoms with Gasteiger partial charge in [0.2, 0.25) is 0 Å². The summed E-state index contributed by atoms with van der Waals surface area (Å²) in [4.78, 5) is 0. The van der Waals surface area contributed by atoms with Crippen LogP contribution in [0.15, 0.2) is 29.4 Å². The zero-order valence-electron chi connectivity index (χ0n) is 11.8. The van der Waals surface area contributed by atoms with Crippen LogP contribution in [0.2, 0.25) is 0 Å². The van der Waals surface area contributed by atoms with E-state index in [1.54, 1.807) is 12.1 Å². The van der Waals surface area contributed by atoms with Crippen LogP contribution in [0.4, 0.5) is 0 Å². The molecule has 2 fully saturated rings. The third kappa shape index (κ3) is 3.11. The van der Waals surface area contributed by atoms with Gasteiger partial charge in [-0.25, -0.2) is 0 Å². The maximum Gasteiger partial charge on any atom is 0.170 e. The van der Waals surface area contributed by atoms with E-state index in [-0.39, 0.29) is 17.5 Å². The van der Waals surface area contributed by atoms with Crippen LogP contribution in [0.25, 0.3) is 0 Å². The molecule has 6 heteroatoms. The smallest absolute Gasteiger partial charge is 0.170 e. The normalized spacial score (nSPS) is 29.7. The SMILES string of the molecule is N/C(=N/O)c1cccc(OC2CCOC3(CCOC3)C2)c1. The molecule has 0 aliphatic carbocycles. The summed E-state index contributed by atoms with van der Waals surface area (Å²) in [5, 5.41) is 11.7. The predicted octanol–water partition coefficient (Wildman–Crippen LogP) is 1.50. The third-order valence-corrected chi connectivity index (χ3v) is 4.06. The van der Waals surface area contributed by atoms with Crippen LogP contribution in [0, 0.1) is 0 Å². The zero-order valence-corrected chi connectivity index (χ0v) is 11.8. The zero-order chi connectivity index (χ0) is 14.7. The van der Waals surface area contributed by atoms with E-state index < -0.39 is 0 Å². The highest BCUT2D eigenvalue weighted by molar-refractivity contribution is 5.97. The van der Waals surface area contributed by atoms with Crippen LogP contribution in [-0.4, -0.2) is 42.6 Å². The molecule has 3 N–H and O–H groups in total. The van der Waals surface area contributed by atoms with E-state index in [0.717, 1.165) is 31.6 Å². The molecular formula is C15H20N2O4. The van der Waals surface area contributed by atoms with Crippen molar-refractivity contribution in [2.24, 2.45) is 10.9 Å². The van der Waals surface area contributed by atoms with Gasteiger partial charge in [-0.15, -0.1) is 0 Å². The number of ether oxygens (including phenoxy) is 3. The molecule has 0 radical (unpaired) electrons. The van der Waals surface area contributed by atoms with Gasteiger partial charge in [-0.1, -0.05) is 17.3 Å². The first-order chi connectivity index (χ1) is 10.2. The summed E-state index contributed by atoms with van der Waals surface area (Å²) in [6.45, 7) is 2.09. The van der Waals surface area contributed by atoms with Crippen LogP contribution in [-0.2, 0) is 9.47 Å². The van der Waals surface area contributed by atoms with Crippen molar-refractivity contribution in [1.29, 1.82) is 0 Å². The van der Waals surface area contributed by atoms with Crippen LogP contribution < -0.4 is 10.5 Å². The van der Waals surface area contributed by atoms with Gasteiger partial charge in [0.15, 0.2) is 5.84 Å². The lowest BCUT2D eigenvalue weighted by molar-refractivity contribution is -0.112. The number of amidine groups is 1. The number of hydrogen-bond acceptors (Lipinski definition) is 5. The second-order valence-electron chi connectivity index (χ2n) is 5.58. The summed E-state index contributed by atoms with van der Waals surface area (Å²) in [5.74, 6) is 0.799. The molecule has 1 aromatic carbocycles. The average molecular weight is 292 g/mol. The highest BCUT2D eigenvalue weighted by Crippen LogP contribution is 2.34. The number of benzene rings is 1. The summed E-state index contributed by atoms with van der Waals surface area (Å²) in [7, 11) is 0. The molecule has 3 rings (SSSR count). The second kappa shape index (κ2) is 5.91. The number of oxime groups is 1. The van der Waals surface area contributed by atoms with Gasteiger partial charge in [-0.2, -0.15) is 0 Å². The summed E-state index contributed by atoms with van der Waals surface area (Å²) < 4.78 is 17.4. The average Bonchev–Trinajstić information content (AvgIpc) is 2.94. The summed E-state index contributed by atoms with van der Waals surface area (Å²) in [5.41, 5.74) is 6.06. The van der Waals surface area contributed by atoms with Gasteiger partial charge in [0.1, 0.15) is 11.9 Å². The topological polar surface area (TPSA) is 86.3 Å². The molecule has 2 aliphatic heterocycles. The number of rotatable bonds is 3. The van der Waals surface area contributed by atoms with Gasteiger partial charge in [-0.3, -0.25) is 0 Å². The summed E-state index contributed by atoms with van der Waals surface area (Å²) in [6.07, 6.45) is 2.72. The van der Waals surface area contributed by atoms with Gasteiger partial charge in [0, 0.05) is 31.4 Å². The van der Waals surface area contributed by atoms with Crippen molar-refractivity contribution < 1.29 is 19.4 Å². The maximum atomic E-state index is 8.73. The van der Waals surface area contributed by atoms with Crippen molar-refractivity contribution >= 4 is 5.84 Å². The van der Waals surface area contributed by atoms with Gasteiger partial charge < -0.3 is 25.2 Å². The van der Waals surface area contributed by atoms with Gasteiger partial charge in [-0.05, 0) is 12.1 Å². The first kappa shape index (κ1) is 14.2. The Morgan fingerprint density at radius 3 is 3.10 bits per heavy atom. The van der Waals surface area contributed by atoms with Crippen LogP contribution >= 0.6 is 0 Å². The molecule has 0 aromatic heterocycles. The molecule has 0 amide bonds. The van der Waals surface area contributed by atoms with E-state index in [0.29, 0.717) is 18.8 Å².